The molecule has 0 heterocycles. The Morgan fingerprint density at radius 3 is 1.58 bits per heavy atom. The molecule has 0 bridgehead atoms. The van der Waals surface area contributed by atoms with E-state index in [0.717, 1.165) is 6.42 Å². The summed E-state index contributed by atoms with van der Waals surface area (Å²) < 4.78 is 7.71. The molecule has 142 valence electrons. The van der Waals surface area contributed by atoms with Crippen LogP contribution >= 0.6 is 34.8 Å². The van der Waals surface area contributed by atoms with Crippen LogP contribution in [0.25, 0.3) is 0 Å². The lowest BCUT2D eigenvalue weighted by atomic mass is 10.1. The van der Waals surface area contributed by atoms with Crippen LogP contribution in [0.2, 0.25) is 0 Å². The van der Waals surface area contributed by atoms with E-state index >= 15 is 0 Å². The SMILES string of the molecule is CC(C)CC(=O)OC(=O)CC(C)C.CCCC(=O)OCC(Cl)(Cl)Cl. The van der Waals surface area contributed by atoms with Gasteiger partial charge in [0.15, 0.2) is 0 Å². The molecule has 5 nitrogen and oxygen atoms in total. The summed E-state index contributed by atoms with van der Waals surface area (Å²) in [5.41, 5.74) is 0. The summed E-state index contributed by atoms with van der Waals surface area (Å²) in [4.78, 5) is 32.7. The quantitative estimate of drug-likeness (QED) is 0.344. The highest BCUT2D eigenvalue weighted by molar-refractivity contribution is 6.67. The molecule has 8 heteroatoms. The number of ether oxygens (including phenoxy) is 2. The van der Waals surface area contributed by atoms with Gasteiger partial charge in [0, 0.05) is 19.3 Å². The molecule has 0 amide bonds. The van der Waals surface area contributed by atoms with Crippen molar-refractivity contribution in [1.29, 1.82) is 0 Å². The Bertz CT molecular complexity index is 370. The fourth-order valence-electron chi connectivity index (χ4n) is 1.32. The summed E-state index contributed by atoms with van der Waals surface area (Å²) in [5, 5.41) is 0. The summed E-state index contributed by atoms with van der Waals surface area (Å²) in [5.74, 6) is -0.696. The average Bonchev–Trinajstić information content (AvgIpc) is 2.34. The number of rotatable bonds is 7. The molecule has 0 atom stereocenters. The summed E-state index contributed by atoms with van der Waals surface area (Å²) >= 11 is 16.0. The molecule has 0 saturated carbocycles. The first kappa shape index (κ1) is 25.7. The fraction of sp³-hybridized carbons (Fsp3) is 0.812. The number of alkyl halides is 3. The van der Waals surface area contributed by atoms with E-state index in [1.165, 1.54) is 0 Å². The molecule has 0 N–H and O–H groups in total. The Labute approximate surface area is 159 Å². The second-order valence-electron chi connectivity index (χ2n) is 6.07. The van der Waals surface area contributed by atoms with E-state index in [9.17, 15) is 14.4 Å². The van der Waals surface area contributed by atoms with Crippen LogP contribution in [0.3, 0.4) is 0 Å². The van der Waals surface area contributed by atoms with Crippen LogP contribution in [0.15, 0.2) is 0 Å². The molecule has 0 aliphatic carbocycles. The first-order valence-electron chi connectivity index (χ1n) is 7.83. The zero-order valence-corrected chi connectivity index (χ0v) is 17.1. The van der Waals surface area contributed by atoms with Gasteiger partial charge in [-0.3, -0.25) is 14.4 Å². The van der Waals surface area contributed by atoms with Crippen LogP contribution < -0.4 is 0 Å². The zero-order valence-electron chi connectivity index (χ0n) is 14.9. The lowest BCUT2D eigenvalue weighted by molar-refractivity contribution is -0.160. The summed E-state index contributed by atoms with van der Waals surface area (Å²) in [6.45, 7) is 9.33. The maximum atomic E-state index is 11.0. The molecule has 0 unspecified atom stereocenters. The third kappa shape index (κ3) is 21.5. The van der Waals surface area contributed by atoms with Gasteiger partial charge < -0.3 is 9.47 Å². The van der Waals surface area contributed by atoms with Crippen molar-refractivity contribution in [3.8, 4) is 0 Å². The molecule has 0 saturated heterocycles. The predicted molar refractivity (Wildman–Crippen MR) is 96.2 cm³/mol. The van der Waals surface area contributed by atoms with Gasteiger partial charge in [0.05, 0.1) is 0 Å². The number of esters is 3. The van der Waals surface area contributed by atoms with E-state index in [4.69, 9.17) is 34.8 Å². The highest BCUT2D eigenvalue weighted by Crippen LogP contribution is 2.26. The minimum atomic E-state index is -1.50. The Balaban J connectivity index is 0. The monoisotopic (exact) mass is 404 g/mol. The minimum Gasteiger partial charge on any atom is -0.461 e. The van der Waals surface area contributed by atoms with Gasteiger partial charge in [-0.15, -0.1) is 0 Å². The van der Waals surface area contributed by atoms with Crippen molar-refractivity contribution >= 4 is 52.7 Å². The molecule has 0 aromatic rings. The second kappa shape index (κ2) is 13.7. The molecule has 0 radical (unpaired) electrons. The Kier molecular flexibility index (Phi) is 14.7. The van der Waals surface area contributed by atoms with Crippen molar-refractivity contribution < 1.29 is 23.9 Å². The second-order valence-corrected chi connectivity index (χ2v) is 8.58. The third-order valence-electron chi connectivity index (χ3n) is 2.23. The van der Waals surface area contributed by atoms with E-state index in [1.807, 2.05) is 34.6 Å². The molecule has 0 fully saturated rings. The molecule has 0 aliphatic rings. The normalized spacial score (nSPS) is 10.9. The third-order valence-corrected chi connectivity index (χ3v) is 2.56. The van der Waals surface area contributed by atoms with Crippen LogP contribution in [-0.2, 0) is 23.9 Å². The Hall–Kier alpha value is -0.520. The summed E-state index contributed by atoms with van der Waals surface area (Å²) in [6.07, 6.45) is 1.72. The lowest BCUT2D eigenvalue weighted by Crippen LogP contribution is -2.16. The van der Waals surface area contributed by atoms with Crippen LogP contribution in [0.4, 0.5) is 0 Å². The molecule has 0 aromatic heterocycles. The molecule has 0 aliphatic heterocycles. The van der Waals surface area contributed by atoms with Crippen molar-refractivity contribution in [1.82, 2.24) is 0 Å². The van der Waals surface area contributed by atoms with Gasteiger partial charge in [0.25, 0.3) is 0 Å². The predicted octanol–water partition coefficient (Wildman–Crippen LogP) is 4.85. The van der Waals surface area contributed by atoms with Gasteiger partial charge in [-0.05, 0) is 18.3 Å². The Morgan fingerprint density at radius 1 is 0.875 bits per heavy atom. The average molecular weight is 406 g/mol. The summed E-state index contributed by atoms with van der Waals surface area (Å²) in [6, 6.07) is 0. The van der Waals surface area contributed by atoms with Gasteiger partial charge in [0.1, 0.15) is 6.61 Å². The fourth-order valence-corrected chi connectivity index (χ4v) is 1.48. The van der Waals surface area contributed by atoms with Crippen molar-refractivity contribution in [2.75, 3.05) is 6.61 Å². The van der Waals surface area contributed by atoms with E-state index in [0.29, 0.717) is 19.3 Å². The topological polar surface area (TPSA) is 69.7 Å². The lowest BCUT2D eigenvalue weighted by Gasteiger charge is -2.10. The van der Waals surface area contributed by atoms with Gasteiger partial charge in [-0.2, -0.15) is 0 Å². The number of hydrogen-bond acceptors (Lipinski definition) is 5. The highest BCUT2D eigenvalue weighted by atomic mass is 35.6. The first-order valence-corrected chi connectivity index (χ1v) is 8.96. The molecule has 0 aromatic carbocycles. The van der Waals surface area contributed by atoms with Gasteiger partial charge in [-0.25, -0.2) is 0 Å². The maximum Gasteiger partial charge on any atom is 0.313 e. The van der Waals surface area contributed by atoms with E-state index in [-0.39, 0.29) is 24.4 Å². The van der Waals surface area contributed by atoms with Gasteiger partial charge >= 0.3 is 17.9 Å². The van der Waals surface area contributed by atoms with Crippen molar-refractivity contribution in [3.63, 3.8) is 0 Å². The van der Waals surface area contributed by atoms with E-state index < -0.39 is 15.7 Å². The van der Waals surface area contributed by atoms with Crippen molar-refractivity contribution in [2.24, 2.45) is 11.8 Å². The maximum absolute atomic E-state index is 11.0. The number of carbonyl (C=O) groups is 3. The van der Waals surface area contributed by atoms with Gasteiger partial charge in [-0.1, -0.05) is 69.4 Å². The number of hydrogen-bond donors (Lipinski definition) is 0. The zero-order chi connectivity index (χ0) is 19.3. The van der Waals surface area contributed by atoms with Crippen molar-refractivity contribution in [2.45, 2.75) is 64.1 Å². The molecular formula is C16H27Cl3O5. The minimum absolute atomic E-state index is 0.184. The number of halogens is 3. The van der Waals surface area contributed by atoms with E-state index in [2.05, 4.69) is 9.47 Å². The van der Waals surface area contributed by atoms with E-state index in [1.54, 1.807) is 0 Å². The van der Waals surface area contributed by atoms with Crippen LogP contribution in [0, 0.1) is 11.8 Å². The molecule has 0 spiro atoms. The van der Waals surface area contributed by atoms with Crippen molar-refractivity contribution in [3.05, 3.63) is 0 Å². The molecule has 24 heavy (non-hydrogen) atoms. The van der Waals surface area contributed by atoms with Crippen LogP contribution in [0.5, 0.6) is 0 Å². The largest absolute Gasteiger partial charge is 0.461 e. The standard InChI is InChI=1S/C10H18O3.C6H9Cl3O2/c1-7(2)5-9(11)13-10(12)6-8(3)4;1-2-3-5(10)11-4-6(7,8)9/h7-8H,5-6H2,1-4H3;2-4H2,1H3. The number of carbonyl (C=O) groups excluding carboxylic acids is 3. The summed E-state index contributed by atoms with van der Waals surface area (Å²) in [7, 11) is 0. The van der Waals surface area contributed by atoms with Crippen LogP contribution in [0.1, 0.15) is 60.3 Å². The highest BCUT2D eigenvalue weighted by Gasteiger charge is 2.21. The Morgan fingerprint density at radius 2 is 1.29 bits per heavy atom. The smallest absolute Gasteiger partial charge is 0.313 e. The first-order chi connectivity index (χ1) is 10.9. The molecule has 0 rings (SSSR count). The van der Waals surface area contributed by atoms with Gasteiger partial charge in [0.2, 0.25) is 3.79 Å². The van der Waals surface area contributed by atoms with Crippen LogP contribution in [-0.4, -0.2) is 28.3 Å². The molecular weight excluding hydrogens is 379 g/mol.